The number of fused-ring (bicyclic) bond motifs is 1. The Bertz CT molecular complexity index is 1300. The Labute approximate surface area is 240 Å². The third kappa shape index (κ3) is 5.65. The molecule has 0 N–H and O–H groups in total. The van der Waals surface area contributed by atoms with Crippen molar-refractivity contribution < 1.29 is 14.3 Å². The number of ketones is 1. The lowest BCUT2D eigenvalue weighted by molar-refractivity contribution is -0.124. The third-order valence-corrected chi connectivity index (χ3v) is 9.97. The lowest BCUT2D eigenvalue weighted by atomic mass is 9.78. The lowest BCUT2D eigenvalue weighted by Crippen LogP contribution is -2.24. The van der Waals surface area contributed by atoms with E-state index in [2.05, 4.69) is 67.8 Å². The number of carbonyl (C=O) groups is 1. The molecule has 3 heteroatoms. The predicted octanol–water partition coefficient (Wildman–Crippen LogP) is 8.66. The van der Waals surface area contributed by atoms with Gasteiger partial charge in [0, 0.05) is 29.9 Å². The molecule has 1 saturated heterocycles. The highest BCUT2D eigenvalue weighted by atomic mass is 16.5. The van der Waals surface area contributed by atoms with E-state index in [1.165, 1.54) is 60.0 Å². The van der Waals surface area contributed by atoms with Crippen molar-refractivity contribution >= 4 is 11.4 Å². The number of ether oxygens (including phenoxy) is 2. The van der Waals surface area contributed by atoms with Gasteiger partial charge in [0.1, 0.15) is 18.1 Å². The van der Waals surface area contributed by atoms with Crippen molar-refractivity contribution in [2.45, 2.75) is 90.1 Å². The van der Waals surface area contributed by atoms with Gasteiger partial charge in [-0.3, -0.25) is 4.79 Å². The molecule has 3 unspecified atom stereocenters. The normalized spacial score (nSPS) is 28.4. The number of Topliss-reactive ketones (excluding diaryl/α,β-unsaturated/α-hetero) is 1. The number of rotatable bonds is 8. The number of hydrogen-bond acceptors (Lipinski definition) is 3. The third-order valence-electron chi connectivity index (χ3n) is 9.97. The van der Waals surface area contributed by atoms with Gasteiger partial charge in [-0.2, -0.15) is 0 Å². The molecule has 40 heavy (non-hydrogen) atoms. The molecule has 1 aromatic rings. The van der Waals surface area contributed by atoms with Crippen molar-refractivity contribution in [1.82, 2.24) is 0 Å². The molecule has 0 spiro atoms. The molecule has 5 aliphatic rings. The summed E-state index contributed by atoms with van der Waals surface area (Å²) in [6.07, 6.45) is 24.5. The lowest BCUT2D eigenvalue weighted by Gasteiger charge is -2.26. The molecule has 0 amide bonds. The zero-order valence-corrected chi connectivity index (χ0v) is 24.2. The first-order chi connectivity index (χ1) is 19.5. The van der Waals surface area contributed by atoms with Gasteiger partial charge in [-0.05, 0) is 98.6 Å². The van der Waals surface area contributed by atoms with Crippen LogP contribution in [-0.2, 0) is 16.0 Å². The maximum absolute atomic E-state index is 13.9. The average molecular weight is 537 g/mol. The van der Waals surface area contributed by atoms with E-state index >= 15 is 0 Å². The smallest absolute Gasteiger partial charge is 0.146 e. The van der Waals surface area contributed by atoms with E-state index in [1.54, 1.807) is 0 Å². The summed E-state index contributed by atoms with van der Waals surface area (Å²) < 4.78 is 11.8. The van der Waals surface area contributed by atoms with Crippen LogP contribution in [0.1, 0.15) is 88.7 Å². The van der Waals surface area contributed by atoms with Crippen molar-refractivity contribution in [2.24, 2.45) is 17.3 Å². The molecule has 0 aromatic heterocycles. The van der Waals surface area contributed by atoms with Gasteiger partial charge in [-0.15, -0.1) is 5.73 Å². The Morgan fingerprint density at radius 2 is 1.98 bits per heavy atom. The van der Waals surface area contributed by atoms with Gasteiger partial charge in [-0.25, -0.2) is 0 Å². The fraction of sp³-hybridized carbons (Fsp3) is 0.514. The van der Waals surface area contributed by atoms with Gasteiger partial charge in [-0.1, -0.05) is 67.9 Å². The number of allylic oxidation sites excluding steroid dienone is 9. The van der Waals surface area contributed by atoms with E-state index < -0.39 is 5.41 Å². The predicted molar refractivity (Wildman–Crippen MR) is 162 cm³/mol. The minimum Gasteiger partial charge on any atom is -0.491 e. The van der Waals surface area contributed by atoms with Crippen LogP contribution in [0.5, 0.6) is 5.75 Å². The Morgan fingerprint density at radius 3 is 2.77 bits per heavy atom. The minimum absolute atomic E-state index is 0.202. The van der Waals surface area contributed by atoms with Crippen LogP contribution < -0.4 is 4.74 Å². The Hall–Kier alpha value is -2.87. The summed E-state index contributed by atoms with van der Waals surface area (Å²) in [5.74, 6) is 2.09. The zero-order chi connectivity index (χ0) is 27.5. The molecule has 6 rings (SSSR count). The highest BCUT2D eigenvalue weighted by Gasteiger charge is 2.40. The fourth-order valence-electron chi connectivity index (χ4n) is 7.57. The Kier molecular flexibility index (Phi) is 8.15. The monoisotopic (exact) mass is 536 g/mol. The molecule has 1 heterocycles. The zero-order valence-electron chi connectivity index (χ0n) is 24.2. The van der Waals surface area contributed by atoms with Crippen molar-refractivity contribution in [1.29, 1.82) is 0 Å². The highest BCUT2D eigenvalue weighted by molar-refractivity contribution is 5.90. The van der Waals surface area contributed by atoms with E-state index in [1.807, 2.05) is 0 Å². The van der Waals surface area contributed by atoms with Crippen LogP contribution in [0.25, 0.3) is 5.57 Å². The molecule has 1 aromatic carbocycles. The second kappa shape index (κ2) is 11.9. The molecular formula is C37H44O3. The van der Waals surface area contributed by atoms with E-state index in [4.69, 9.17) is 9.47 Å². The quantitative estimate of drug-likeness (QED) is 0.246. The maximum Gasteiger partial charge on any atom is 0.146 e. The number of carbonyl (C=O) groups excluding carboxylic acids is 1. The second-order valence-corrected chi connectivity index (χ2v) is 12.7. The standard InChI is InChI=1S/C37H44O3/c1-3-32-34(21-28-16-17-30(23-35(28)32)40-25-31-14-10-20-39-31)29-18-19-37(2,24-29)36(38)22-27-13-8-5-9-15-33(27)26-11-6-4-7-12-26/h8-9,13,15-17,23-24,26,31,34H,1,4-7,10-12,14,18-22,25H2,2H3. The molecular weight excluding hydrogens is 492 g/mol. The van der Waals surface area contributed by atoms with Gasteiger partial charge in [0.2, 0.25) is 0 Å². The molecule has 4 aliphatic carbocycles. The summed E-state index contributed by atoms with van der Waals surface area (Å²) in [5.41, 5.74) is 10.6. The first-order valence-electron chi connectivity index (χ1n) is 15.6. The molecule has 2 fully saturated rings. The fourth-order valence-corrected chi connectivity index (χ4v) is 7.57. The first kappa shape index (κ1) is 27.3. The van der Waals surface area contributed by atoms with Crippen LogP contribution in [0.2, 0.25) is 0 Å². The van der Waals surface area contributed by atoms with Gasteiger partial charge in [0.05, 0.1) is 6.10 Å². The van der Waals surface area contributed by atoms with Crippen LogP contribution in [0.4, 0.5) is 0 Å². The molecule has 1 saturated carbocycles. The Morgan fingerprint density at radius 1 is 1.12 bits per heavy atom. The summed E-state index contributed by atoms with van der Waals surface area (Å²) in [6.45, 7) is 7.68. The minimum atomic E-state index is -0.416. The Balaban J connectivity index is 1.18. The van der Waals surface area contributed by atoms with Gasteiger partial charge < -0.3 is 9.47 Å². The first-order valence-corrected chi connectivity index (χ1v) is 15.6. The van der Waals surface area contributed by atoms with E-state index in [0.29, 0.717) is 24.7 Å². The van der Waals surface area contributed by atoms with Crippen molar-refractivity contribution in [3.05, 3.63) is 88.7 Å². The van der Waals surface area contributed by atoms with E-state index in [-0.39, 0.29) is 12.0 Å². The maximum atomic E-state index is 13.9. The molecule has 3 nitrogen and oxygen atoms in total. The van der Waals surface area contributed by atoms with Crippen molar-refractivity contribution in [3.63, 3.8) is 0 Å². The molecule has 3 atom stereocenters. The molecule has 0 radical (unpaired) electrons. The van der Waals surface area contributed by atoms with Gasteiger partial charge in [0.25, 0.3) is 0 Å². The number of benzene rings is 1. The summed E-state index contributed by atoms with van der Waals surface area (Å²) in [7, 11) is 0. The van der Waals surface area contributed by atoms with Crippen LogP contribution in [0, 0.1) is 17.3 Å². The van der Waals surface area contributed by atoms with Crippen molar-refractivity contribution in [2.75, 3.05) is 13.2 Å². The second-order valence-electron chi connectivity index (χ2n) is 12.7. The van der Waals surface area contributed by atoms with Crippen LogP contribution in [-0.4, -0.2) is 25.1 Å². The van der Waals surface area contributed by atoms with E-state index in [9.17, 15) is 4.79 Å². The number of hydrogen-bond donors (Lipinski definition) is 0. The largest absolute Gasteiger partial charge is 0.491 e. The van der Waals surface area contributed by atoms with Crippen LogP contribution >= 0.6 is 0 Å². The summed E-state index contributed by atoms with van der Waals surface area (Å²) in [5, 5.41) is 0. The SMILES string of the molecule is C=C=C1c2cc(OCC3CCCO3)ccc2CC1C1=CC(C)(C(=O)CC2=C(C3CCCCC3)C=CCC=C2)CC1. The van der Waals surface area contributed by atoms with E-state index in [0.717, 1.165) is 56.5 Å². The summed E-state index contributed by atoms with van der Waals surface area (Å²) >= 11 is 0. The van der Waals surface area contributed by atoms with Gasteiger partial charge >= 0.3 is 0 Å². The molecule has 210 valence electrons. The summed E-state index contributed by atoms with van der Waals surface area (Å²) in [6, 6.07) is 6.44. The van der Waals surface area contributed by atoms with Crippen LogP contribution in [0.3, 0.4) is 0 Å². The summed E-state index contributed by atoms with van der Waals surface area (Å²) in [4.78, 5) is 13.9. The van der Waals surface area contributed by atoms with Gasteiger partial charge in [0.15, 0.2) is 0 Å². The average Bonchev–Trinajstić information content (AvgIpc) is 3.69. The van der Waals surface area contributed by atoms with Crippen LogP contribution in [0.15, 0.2) is 77.6 Å². The molecule has 0 bridgehead atoms. The molecule has 1 aliphatic heterocycles. The van der Waals surface area contributed by atoms with Crippen molar-refractivity contribution in [3.8, 4) is 5.75 Å². The highest BCUT2D eigenvalue weighted by Crippen LogP contribution is 2.49. The topological polar surface area (TPSA) is 35.5 Å².